The van der Waals surface area contributed by atoms with Gasteiger partial charge in [-0.05, 0) is 48.4 Å². The van der Waals surface area contributed by atoms with E-state index in [1.54, 1.807) is 36.4 Å². The van der Waals surface area contributed by atoms with E-state index in [-0.39, 0.29) is 5.75 Å². The monoisotopic (exact) mass is 411 g/mol. The Morgan fingerprint density at radius 1 is 1.07 bits per heavy atom. The normalized spacial score (nSPS) is 11.6. The highest BCUT2D eigenvalue weighted by atomic mass is 35.5. The molecule has 0 aliphatic heterocycles. The van der Waals surface area contributed by atoms with Crippen LogP contribution in [0.15, 0.2) is 73.1 Å². The molecule has 0 bridgehead atoms. The fraction of sp³-hybridized carbons (Fsp3) is 0.0952. The summed E-state index contributed by atoms with van der Waals surface area (Å²) in [6.45, 7) is 2.02. The van der Waals surface area contributed by atoms with Crippen LogP contribution >= 0.6 is 11.6 Å². The van der Waals surface area contributed by atoms with E-state index in [2.05, 4.69) is 9.71 Å². The molecule has 0 saturated carbocycles. The van der Waals surface area contributed by atoms with Gasteiger partial charge in [0.1, 0.15) is 5.65 Å². The van der Waals surface area contributed by atoms with Crippen molar-refractivity contribution < 1.29 is 8.42 Å². The number of rotatable bonds is 5. The van der Waals surface area contributed by atoms with Gasteiger partial charge < -0.3 is 4.40 Å². The molecule has 2 aromatic heterocycles. The molecule has 2 heterocycles. The number of hydrogen-bond acceptors (Lipinski definition) is 3. The van der Waals surface area contributed by atoms with Crippen LogP contribution in [0.4, 0.5) is 5.69 Å². The van der Waals surface area contributed by atoms with Gasteiger partial charge >= 0.3 is 0 Å². The number of benzene rings is 2. The predicted molar refractivity (Wildman–Crippen MR) is 113 cm³/mol. The van der Waals surface area contributed by atoms with Gasteiger partial charge in [0.25, 0.3) is 0 Å². The Hall–Kier alpha value is -2.83. The Balaban J connectivity index is 1.53. The van der Waals surface area contributed by atoms with Crippen LogP contribution in [0.2, 0.25) is 5.02 Å². The first-order chi connectivity index (χ1) is 13.4. The summed E-state index contributed by atoms with van der Waals surface area (Å²) >= 11 is 5.93. The number of imidazole rings is 1. The zero-order valence-corrected chi connectivity index (χ0v) is 16.7. The molecule has 5 nitrogen and oxygen atoms in total. The number of halogens is 1. The highest BCUT2D eigenvalue weighted by Crippen LogP contribution is 2.23. The average molecular weight is 412 g/mol. The summed E-state index contributed by atoms with van der Waals surface area (Å²) < 4.78 is 29.4. The van der Waals surface area contributed by atoms with Crippen molar-refractivity contribution in [1.82, 2.24) is 9.38 Å². The van der Waals surface area contributed by atoms with Crippen molar-refractivity contribution in [3.05, 3.63) is 89.2 Å². The first kappa shape index (κ1) is 18.5. The maximum Gasteiger partial charge on any atom is 0.236 e. The molecular weight excluding hydrogens is 394 g/mol. The molecule has 0 aliphatic carbocycles. The molecule has 142 valence electrons. The fourth-order valence-electron chi connectivity index (χ4n) is 3.06. The smallest absolute Gasteiger partial charge is 0.236 e. The van der Waals surface area contributed by atoms with Gasteiger partial charge in [-0.1, -0.05) is 41.9 Å². The van der Waals surface area contributed by atoms with Crippen molar-refractivity contribution in [3.8, 4) is 11.3 Å². The van der Waals surface area contributed by atoms with Gasteiger partial charge in [0.05, 0.1) is 11.4 Å². The SMILES string of the molecule is Cc1cccn2cc(-c3ccc(NS(=O)(=O)Cc4cccc(Cl)c4)cc3)nc12. The van der Waals surface area contributed by atoms with Crippen LogP contribution in [0.25, 0.3) is 16.9 Å². The van der Waals surface area contributed by atoms with E-state index in [0.717, 1.165) is 22.5 Å². The number of pyridine rings is 1. The van der Waals surface area contributed by atoms with Crippen LogP contribution in [0, 0.1) is 6.92 Å². The lowest BCUT2D eigenvalue weighted by molar-refractivity contribution is 0.600. The summed E-state index contributed by atoms with van der Waals surface area (Å²) in [5.74, 6) is -0.138. The largest absolute Gasteiger partial charge is 0.306 e. The number of fused-ring (bicyclic) bond motifs is 1. The van der Waals surface area contributed by atoms with Gasteiger partial charge in [-0.25, -0.2) is 13.4 Å². The summed E-state index contributed by atoms with van der Waals surface area (Å²) in [6, 6.07) is 18.0. The van der Waals surface area contributed by atoms with Crippen LogP contribution < -0.4 is 4.72 Å². The van der Waals surface area contributed by atoms with Crippen LogP contribution in [0.5, 0.6) is 0 Å². The zero-order valence-electron chi connectivity index (χ0n) is 15.1. The average Bonchev–Trinajstić information content (AvgIpc) is 3.07. The first-order valence-corrected chi connectivity index (χ1v) is 10.7. The van der Waals surface area contributed by atoms with E-state index in [1.807, 2.05) is 48.0 Å². The molecule has 4 aromatic rings. The highest BCUT2D eigenvalue weighted by Gasteiger charge is 2.13. The molecule has 1 N–H and O–H groups in total. The maximum atomic E-state index is 12.4. The minimum absolute atomic E-state index is 0.138. The molecule has 0 unspecified atom stereocenters. The minimum Gasteiger partial charge on any atom is -0.306 e. The highest BCUT2D eigenvalue weighted by molar-refractivity contribution is 7.91. The topological polar surface area (TPSA) is 63.5 Å². The fourth-order valence-corrected chi connectivity index (χ4v) is 4.46. The quantitative estimate of drug-likeness (QED) is 0.507. The van der Waals surface area contributed by atoms with Gasteiger partial charge in [-0.3, -0.25) is 4.72 Å². The Morgan fingerprint density at radius 2 is 1.86 bits per heavy atom. The molecule has 0 fully saturated rings. The van der Waals surface area contributed by atoms with Crippen molar-refractivity contribution in [1.29, 1.82) is 0 Å². The van der Waals surface area contributed by atoms with Gasteiger partial charge in [0.15, 0.2) is 0 Å². The summed E-state index contributed by atoms with van der Waals surface area (Å²) in [4.78, 5) is 4.66. The van der Waals surface area contributed by atoms with E-state index in [0.29, 0.717) is 16.3 Å². The Labute approximate surface area is 168 Å². The van der Waals surface area contributed by atoms with Gasteiger partial charge in [-0.15, -0.1) is 0 Å². The number of nitrogens with one attached hydrogen (secondary N) is 1. The standard InChI is InChI=1S/C21H18ClN3O2S/c1-15-4-3-11-25-13-20(23-21(15)25)17-7-9-19(10-8-17)24-28(26,27)14-16-5-2-6-18(22)12-16/h2-13,24H,14H2,1H3. The molecule has 0 radical (unpaired) electrons. The lowest BCUT2D eigenvalue weighted by Gasteiger charge is -2.09. The summed E-state index contributed by atoms with van der Waals surface area (Å²) in [5, 5.41) is 0.514. The van der Waals surface area contributed by atoms with Gasteiger partial charge in [-0.2, -0.15) is 0 Å². The minimum atomic E-state index is -3.54. The second-order valence-electron chi connectivity index (χ2n) is 6.62. The van der Waals surface area contributed by atoms with Crippen molar-refractivity contribution in [2.24, 2.45) is 0 Å². The molecular formula is C21H18ClN3O2S. The molecule has 28 heavy (non-hydrogen) atoms. The summed E-state index contributed by atoms with van der Waals surface area (Å²) in [6.07, 6.45) is 3.91. The van der Waals surface area contributed by atoms with Gasteiger partial charge in [0.2, 0.25) is 10.0 Å². The van der Waals surface area contributed by atoms with E-state index in [1.165, 1.54) is 0 Å². The molecule has 2 aromatic carbocycles. The second kappa shape index (κ2) is 7.30. The molecule has 0 saturated heterocycles. The molecule has 0 amide bonds. The number of aryl methyl sites for hydroxylation is 1. The maximum absolute atomic E-state index is 12.4. The third kappa shape index (κ3) is 4.03. The molecule has 0 aliphatic rings. The van der Waals surface area contributed by atoms with Crippen LogP contribution in [-0.4, -0.2) is 17.8 Å². The molecule has 7 heteroatoms. The predicted octanol–water partition coefficient (Wildman–Crippen LogP) is 4.91. The number of anilines is 1. The second-order valence-corrected chi connectivity index (χ2v) is 8.78. The Bertz CT molecular complexity index is 1250. The van der Waals surface area contributed by atoms with E-state index < -0.39 is 10.0 Å². The zero-order chi connectivity index (χ0) is 19.7. The summed E-state index contributed by atoms with van der Waals surface area (Å²) in [7, 11) is -3.54. The third-order valence-electron chi connectivity index (χ3n) is 4.38. The number of nitrogens with zero attached hydrogens (tertiary/aromatic N) is 2. The molecule has 0 spiro atoms. The number of hydrogen-bond donors (Lipinski definition) is 1. The van der Waals surface area contributed by atoms with Crippen molar-refractivity contribution >= 4 is 33.0 Å². The van der Waals surface area contributed by atoms with E-state index in [9.17, 15) is 8.42 Å². The Kier molecular flexibility index (Phi) is 4.83. The molecule has 0 atom stereocenters. The summed E-state index contributed by atoms with van der Waals surface area (Å²) in [5.41, 5.74) is 4.90. The molecule has 4 rings (SSSR count). The number of sulfonamides is 1. The number of aromatic nitrogens is 2. The van der Waals surface area contributed by atoms with Crippen LogP contribution in [0.1, 0.15) is 11.1 Å². The van der Waals surface area contributed by atoms with Crippen molar-refractivity contribution in [2.45, 2.75) is 12.7 Å². The third-order valence-corrected chi connectivity index (χ3v) is 5.87. The lowest BCUT2D eigenvalue weighted by atomic mass is 10.1. The van der Waals surface area contributed by atoms with E-state index >= 15 is 0 Å². The van der Waals surface area contributed by atoms with Crippen LogP contribution in [-0.2, 0) is 15.8 Å². The Morgan fingerprint density at radius 3 is 2.57 bits per heavy atom. The first-order valence-electron chi connectivity index (χ1n) is 8.69. The van der Waals surface area contributed by atoms with Crippen molar-refractivity contribution in [3.63, 3.8) is 0 Å². The van der Waals surface area contributed by atoms with Gasteiger partial charge in [0, 0.05) is 28.7 Å². The lowest BCUT2D eigenvalue weighted by Crippen LogP contribution is -2.15. The van der Waals surface area contributed by atoms with Crippen LogP contribution in [0.3, 0.4) is 0 Å². The van der Waals surface area contributed by atoms with Crippen molar-refractivity contribution in [2.75, 3.05) is 4.72 Å². The van der Waals surface area contributed by atoms with E-state index in [4.69, 9.17) is 11.6 Å².